The van der Waals surface area contributed by atoms with Crippen molar-refractivity contribution < 1.29 is 9.53 Å². The van der Waals surface area contributed by atoms with Crippen LogP contribution in [0.15, 0.2) is 17.5 Å². The summed E-state index contributed by atoms with van der Waals surface area (Å²) >= 11 is 1.70. The number of ether oxygens (including phenoxy) is 1. The lowest BCUT2D eigenvalue weighted by molar-refractivity contribution is -0.143. The van der Waals surface area contributed by atoms with Crippen LogP contribution in [0.3, 0.4) is 0 Å². The molecule has 3 nitrogen and oxygen atoms in total. The van der Waals surface area contributed by atoms with E-state index in [2.05, 4.69) is 13.0 Å². The maximum absolute atomic E-state index is 11.5. The van der Waals surface area contributed by atoms with Crippen molar-refractivity contribution in [2.75, 3.05) is 13.2 Å². The van der Waals surface area contributed by atoms with Crippen molar-refractivity contribution in [3.8, 4) is 0 Å². The molecule has 0 aliphatic heterocycles. The van der Waals surface area contributed by atoms with Gasteiger partial charge in [0.15, 0.2) is 0 Å². The van der Waals surface area contributed by atoms with E-state index < -0.39 is 0 Å². The van der Waals surface area contributed by atoms with Crippen molar-refractivity contribution in [2.24, 2.45) is 11.7 Å². The summed E-state index contributed by atoms with van der Waals surface area (Å²) in [5.74, 6) is 0.474. The molecule has 0 spiro atoms. The number of rotatable bonds is 9. The zero-order valence-electron chi connectivity index (χ0n) is 11.1. The Morgan fingerprint density at radius 1 is 1.50 bits per heavy atom. The van der Waals surface area contributed by atoms with Crippen LogP contribution in [0.4, 0.5) is 0 Å². The summed E-state index contributed by atoms with van der Waals surface area (Å²) in [6, 6.07) is 4.08. The third-order valence-corrected chi connectivity index (χ3v) is 4.04. The fourth-order valence-electron chi connectivity index (χ4n) is 1.90. The van der Waals surface area contributed by atoms with E-state index >= 15 is 0 Å². The number of nitrogens with two attached hydrogens (primary N) is 1. The molecule has 18 heavy (non-hydrogen) atoms. The van der Waals surface area contributed by atoms with E-state index in [0.29, 0.717) is 25.5 Å². The SMILES string of the molecule is CCC(CCN)CCC(=O)OCCc1cccs1. The van der Waals surface area contributed by atoms with Crippen molar-refractivity contribution in [1.29, 1.82) is 0 Å². The molecular formula is C14H23NO2S. The summed E-state index contributed by atoms with van der Waals surface area (Å²) in [6.07, 6.45) is 4.32. The first-order chi connectivity index (χ1) is 8.76. The van der Waals surface area contributed by atoms with Gasteiger partial charge in [-0.25, -0.2) is 0 Å². The van der Waals surface area contributed by atoms with Gasteiger partial charge in [-0.2, -0.15) is 0 Å². The highest BCUT2D eigenvalue weighted by Gasteiger charge is 2.09. The van der Waals surface area contributed by atoms with Crippen molar-refractivity contribution in [2.45, 2.75) is 39.0 Å². The van der Waals surface area contributed by atoms with Crippen LogP contribution < -0.4 is 5.73 Å². The molecule has 4 heteroatoms. The summed E-state index contributed by atoms with van der Waals surface area (Å²) in [6.45, 7) is 3.33. The monoisotopic (exact) mass is 269 g/mol. The first-order valence-electron chi connectivity index (χ1n) is 6.64. The van der Waals surface area contributed by atoms with E-state index in [1.165, 1.54) is 4.88 Å². The average Bonchev–Trinajstić information content (AvgIpc) is 2.87. The number of hydrogen-bond acceptors (Lipinski definition) is 4. The smallest absolute Gasteiger partial charge is 0.305 e. The molecule has 0 radical (unpaired) electrons. The molecular weight excluding hydrogens is 246 g/mol. The van der Waals surface area contributed by atoms with Crippen molar-refractivity contribution >= 4 is 17.3 Å². The predicted octanol–water partition coefficient (Wildman–Crippen LogP) is 2.99. The van der Waals surface area contributed by atoms with Crippen LogP contribution in [0.25, 0.3) is 0 Å². The van der Waals surface area contributed by atoms with E-state index in [1.54, 1.807) is 11.3 Å². The molecule has 0 saturated carbocycles. The zero-order valence-corrected chi connectivity index (χ0v) is 11.9. The molecule has 102 valence electrons. The summed E-state index contributed by atoms with van der Waals surface area (Å²) in [4.78, 5) is 12.8. The summed E-state index contributed by atoms with van der Waals surface area (Å²) in [5, 5.41) is 2.04. The average molecular weight is 269 g/mol. The van der Waals surface area contributed by atoms with Gasteiger partial charge in [-0.3, -0.25) is 4.79 Å². The van der Waals surface area contributed by atoms with Gasteiger partial charge in [-0.15, -0.1) is 11.3 Å². The first kappa shape index (κ1) is 15.2. The lowest BCUT2D eigenvalue weighted by atomic mass is 9.97. The third kappa shape index (κ3) is 6.17. The van der Waals surface area contributed by atoms with Gasteiger partial charge in [-0.1, -0.05) is 19.4 Å². The highest BCUT2D eigenvalue weighted by molar-refractivity contribution is 7.09. The minimum Gasteiger partial charge on any atom is -0.465 e. The van der Waals surface area contributed by atoms with Gasteiger partial charge in [0.05, 0.1) is 6.61 Å². The van der Waals surface area contributed by atoms with Crippen molar-refractivity contribution in [3.05, 3.63) is 22.4 Å². The van der Waals surface area contributed by atoms with Gasteiger partial charge in [0.25, 0.3) is 0 Å². The van der Waals surface area contributed by atoms with E-state index in [9.17, 15) is 4.79 Å². The van der Waals surface area contributed by atoms with Gasteiger partial charge < -0.3 is 10.5 Å². The van der Waals surface area contributed by atoms with E-state index in [4.69, 9.17) is 10.5 Å². The summed E-state index contributed by atoms with van der Waals surface area (Å²) in [7, 11) is 0. The van der Waals surface area contributed by atoms with E-state index in [-0.39, 0.29) is 5.97 Å². The molecule has 0 amide bonds. The van der Waals surface area contributed by atoms with Crippen LogP contribution in [-0.2, 0) is 16.0 Å². The molecule has 0 bridgehead atoms. The minimum atomic E-state index is -0.0815. The molecule has 2 N–H and O–H groups in total. The number of carbonyl (C=O) groups is 1. The highest BCUT2D eigenvalue weighted by Crippen LogP contribution is 2.15. The lowest BCUT2D eigenvalue weighted by Gasteiger charge is -2.12. The van der Waals surface area contributed by atoms with Crippen molar-refractivity contribution in [3.63, 3.8) is 0 Å². The molecule has 0 aromatic carbocycles. The fraction of sp³-hybridized carbons (Fsp3) is 0.643. The second-order valence-electron chi connectivity index (χ2n) is 4.44. The Morgan fingerprint density at radius 2 is 2.33 bits per heavy atom. The number of esters is 1. The maximum atomic E-state index is 11.5. The van der Waals surface area contributed by atoms with Crippen LogP contribution in [0.1, 0.15) is 37.5 Å². The molecule has 0 saturated heterocycles. The first-order valence-corrected chi connectivity index (χ1v) is 7.52. The van der Waals surface area contributed by atoms with Gasteiger partial charge in [-0.05, 0) is 36.8 Å². The Labute approximate surface area is 113 Å². The normalized spacial score (nSPS) is 12.3. The number of hydrogen-bond donors (Lipinski definition) is 1. The van der Waals surface area contributed by atoms with Crippen LogP contribution in [0, 0.1) is 5.92 Å². The molecule has 0 aliphatic carbocycles. The number of thiophene rings is 1. The lowest BCUT2D eigenvalue weighted by Crippen LogP contribution is -2.12. The molecule has 0 fully saturated rings. The van der Waals surface area contributed by atoms with E-state index in [0.717, 1.165) is 25.7 Å². The third-order valence-electron chi connectivity index (χ3n) is 3.10. The van der Waals surface area contributed by atoms with Gasteiger partial charge in [0, 0.05) is 17.7 Å². The van der Waals surface area contributed by atoms with Gasteiger partial charge >= 0.3 is 5.97 Å². The molecule has 1 atom stereocenters. The second kappa shape index (κ2) is 9.11. The van der Waals surface area contributed by atoms with E-state index in [1.807, 2.05) is 11.4 Å². The Morgan fingerprint density at radius 3 is 2.94 bits per heavy atom. The maximum Gasteiger partial charge on any atom is 0.305 e. The zero-order chi connectivity index (χ0) is 13.2. The van der Waals surface area contributed by atoms with Crippen LogP contribution in [-0.4, -0.2) is 19.1 Å². The van der Waals surface area contributed by atoms with Crippen LogP contribution >= 0.6 is 11.3 Å². The Hall–Kier alpha value is -0.870. The predicted molar refractivity (Wildman–Crippen MR) is 75.7 cm³/mol. The highest BCUT2D eigenvalue weighted by atomic mass is 32.1. The molecule has 1 heterocycles. The van der Waals surface area contributed by atoms with Gasteiger partial charge in [0.1, 0.15) is 0 Å². The standard InChI is InChI=1S/C14H23NO2S/c1-2-12(7-9-15)5-6-14(16)17-10-8-13-4-3-11-18-13/h3-4,11-12H,2,5-10,15H2,1H3. The Kier molecular flexibility index (Phi) is 7.69. The van der Waals surface area contributed by atoms with Crippen LogP contribution in [0.5, 0.6) is 0 Å². The second-order valence-corrected chi connectivity index (χ2v) is 5.47. The fourth-order valence-corrected chi connectivity index (χ4v) is 2.59. The Balaban J connectivity index is 2.09. The topological polar surface area (TPSA) is 52.3 Å². The quantitative estimate of drug-likeness (QED) is 0.701. The largest absolute Gasteiger partial charge is 0.465 e. The molecule has 1 unspecified atom stereocenters. The minimum absolute atomic E-state index is 0.0815. The molecule has 1 aromatic heterocycles. The Bertz CT molecular complexity index is 325. The van der Waals surface area contributed by atoms with Crippen molar-refractivity contribution in [1.82, 2.24) is 0 Å². The van der Waals surface area contributed by atoms with Crippen LogP contribution in [0.2, 0.25) is 0 Å². The van der Waals surface area contributed by atoms with Gasteiger partial charge in [0.2, 0.25) is 0 Å². The summed E-state index contributed by atoms with van der Waals surface area (Å²) < 4.78 is 5.22. The molecule has 1 aromatic rings. The number of carbonyl (C=O) groups excluding carboxylic acids is 1. The summed E-state index contributed by atoms with van der Waals surface area (Å²) in [5.41, 5.74) is 5.53. The molecule has 0 aliphatic rings. The molecule has 1 rings (SSSR count).